The summed E-state index contributed by atoms with van der Waals surface area (Å²) in [6, 6.07) is 14.7. The summed E-state index contributed by atoms with van der Waals surface area (Å²) in [6.45, 7) is 9.23. The first-order valence-electron chi connectivity index (χ1n) is 8.26. The predicted molar refractivity (Wildman–Crippen MR) is 100 cm³/mol. The fraction of sp³-hybridized carbons (Fsp3) is 0.350. The van der Waals surface area contributed by atoms with E-state index in [0.29, 0.717) is 0 Å². The van der Waals surface area contributed by atoms with Crippen LogP contribution in [0.1, 0.15) is 37.5 Å². The van der Waals surface area contributed by atoms with Crippen molar-refractivity contribution in [1.82, 2.24) is 4.90 Å². The third-order valence-corrected chi connectivity index (χ3v) is 5.10. The highest BCUT2D eigenvalue weighted by molar-refractivity contribution is 9.10. The lowest BCUT2D eigenvalue weighted by molar-refractivity contribution is 0.267. The van der Waals surface area contributed by atoms with Gasteiger partial charge in [0.1, 0.15) is 6.07 Å². The van der Waals surface area contributed by atoms with Gasteiger partial charge in [-0.3, -0.25) is 4.90 Å². The zero-order valence-electron chi connectivity index (χ0n) is 14.1. The minimum Gasteiger partial charge on any atom is -0.299 e. The summed E-state index contributed by atoms with van der Waals surface area (Å²) in [5.74, 6) is 0. The SMILES string of the molecule is CC.CCN1CCc2c(-c3ccccc3)cc(C#N)c(Br)c2C1. The van der Waals surface area contributed by atoms with Crippen molar-refractivity contribution in [3.05, 3.63) is 57.6 Å². The van der Waals surface area contributed by atoms with Gasteiger partial charge in [-0.05, 0) is 57.2 Å². The highest BCUT2D eigenvalue weighted by atomic mass is 79.9. The number of nitrogens with zero attached hydrogens (tertiary/aromatic N) is 2. The van der Waals surface area contributed by atoms with Crippen molar-refractivity contribution in [1.29, 1.82) is 5.26 Å². The molecule has 2 nitrogen and oxygen atoms in total. The lowest BCUT2D eigenvalue weighted by Gasteiger charge is -2.30. The Hall–Kier alpha value is -1.63. The molecule has 0 amide bonds. The average Bonchev–Trinajstić information content (AvgIpc) is 2.64. The molecule has 1 heterocycles. The number of nitriles is 1. The molecule has 0 bridgehead atoms. The van der Waals surface area contributed by atoms with Gasteiger partial charge in [0.05, 0.1) is 5.56 Å². The molecular weight excluding hydrogens is 348 g/mol. The van der Waals surface area contributed by atoms with Gasteiger partial charge in [0.2, 0.25) is 0 Å². The summed E-state index contributed by atoms with van der Waals surface area (Å²) in [6.07, 6.45) is 1.04. The van der Waals surface area contributed by atoms with E-state index in [2.05, 4.69) is 58.1 Å². The summed E-state index contributed by atoms with van der Waals surface area (Å²) in [5, 5.41) is 9.42. The van der Waals surface area contributed by atoms with E-state index >= 15 is 0 Å². The van der Waals surface area contributed by atoms with Crippen molar-refractivity contribution in [2.75, 3.05) is 13.1 Å². The van der Waals surface area contributed by atoms with E-state index in [1.807, 2.05) is 26.0 Å². The van der Waals surface area contributed by atoms with Crippen molar-refractivity contribution in [3.63, 3.8) is 0 Å². The molecule has 0 fully saturated rings. The molecular formula is C20H23BrN2. The van der Waals surface area contributed by atoms with Crippen LogP contribution in [0.2, 0.25) is 0 Å². The van der Waals surface area contributed by atoms with E-state index in [0.717, 1.165) is 36.1 Å². The largest absolute Gasteiger partial charge is 0.299 e. The third-order valence-electron chi connectivity index (χ3n) is 4.19. The molecule has 0 spiro atoms. The third kappa shape index (κ3) is 3.65. The molecule has 0 saturated heterocycles. The Bertz CT molecular complexity index is 702. The zero-order chi connectivity index (χ0) is 16.8. The molecule has 3 heteroatoms. The standard InChI is InChI=1S/C18H17BrN2.C2H6/c1-2-21-9-8-15-16(13-6-4-3-5-7-13)10-14(11-20)18(19)17(15)12-21;1-2/h3-7,10H,2,8-9,12H2,1H3;1-2H3. The van der Waals surface area contributed by atoms with Crippen LogP contribution in [0.3, 0.4) is 0 Å². The average molecular weight is 371 g/mol. The molecule has 0 aromatic heterocycles. The Labute approximate surface area is 147 Å². The summed E-state index contributed by atoms with van der Waals surface area (Å²) in [4.78, 5) is 2.42. The summed E-state index contributed by atoms with van der Waals surface area (Å²) in [7, 11) is 0. The number of hydrogen-bond acceptors (Lipinski definition) is 2. The number of benzene rings is 2. The van der Waals surface area contributed by atoms with Crippen LogP contribution < -0.4 is 0 Å². The molecule has 0 atom stereocenters. The Morgan fingerprint density at radius 1 is 1.17 bits per heavy atom. The first kappa shape index (κ1) is 17.7. The molecule has 1 aliphatic rings. The fourth-order valence-corrected chi connectivity index (χ4v) is 3.57. The van der Waals surface area contributed by atoms with E-state index in [1.165, 1.54) is 22.3 Å². The first-order chi connectivity index (χ1) is 11.2. The molecule has 0 saturated carbocycles. The van der Waals surface area contributed by atoms with Crippen LogP contribution in [0.4, 0.5) is 0 Å². The second-order valence-corrected chi connectivity index (χ2v) is 6.13. The van der Waals surface area contributed by atoms with Crippen LogP contribution in [0.15, 0.2) is 40.9 Å². The number of likely N-dealkylation sites (N-methyl/N-ethyl adjacent to an activating group) is 1. The van der Waals surface area contributed by atoms with Crippen LogP contribution >= 0.6 is 15.9 Å². The molecule has 0 radical (unpaired) electrons. The number of fused-ring (bicyclic) bond motifs is 1. The number of rotatable bonds is 2. The van der Waals surface area contributed by atoms with Crippen molar-refractivity contribution >= 4 is 15.9 Å². The van der Waals surface area contributed by atoms with E-state index < -0.39 is 0 Å². The Balaban J connectivity index is 0.000000924. The molecule has 0 N–H and O–H groups in total. The number of halogens is 1. The van der Waals surface area contributed by atoms with Gasteiger partial charge in [-0.2, -0.15) is 5.26 Å². The normalized spacial score (nSPS) is 13.5. The van der Waals surface area contributed by atoms with Gasteiger partial charge in [0.25, 0.3) is 0 Å². The van der Waals surface area contributed by atoms with E-state index in [9.17, 15) is 5.26 Å². The van der Waals surface area contributed by atoms with E-state index in [4.69, 9.17) is 0 Å². The monoisotopic (exact) mass is 370 g/mol. The Kier molecular flexibility index (Phi) is 6.38. The van der Waals surface area contributed by atoms with Crippen molar-refractivity contribution < 1.29 is 0 Å². The number of hydrogen-bond donors (Lipinski definition) is 0. The summed E-state index contributed by atoms with van der Waals surface area (Å²) < 4.78 is 0.970. The van der Waals surface area contributed by atoms with E-state index in [1.54, 1.807) is 0 Å². The smallest absolute Gasteiger partial charge is 0.100 e. The minimum atomic E-state index is 0.727. The highest BCUT2D eigenvalue weighted by Gasteiger charge is 2.23. The van der Waals surface area contributed by atoms with Crippen molar-refractivity contribution in [2.45, 2.75) is 33.7 Å². The molecule has 120 valence electrons. The molecule has 0 aliphatic carbocycles. The quantitative estimate of drug-likeness (QED) is 0.708. The van der Waals surface area contributed by atoms with Crippen molar-refractivity contribution in [2.24, 2.45) is 0 Å². The minimum absolute atomic E-state index is 0.727. The second kappa shape index (κ2) is 8.29. The van der Waals surface area contributed by atoms with Crippen LogP contribution in [-0.2, 0) is 13.0 Å². The topological polar surface area (TPSA) is 27.0 Å². The lowest BCUT2D eigenvalue weighted by Crippen LogP contribution is -2.31. The molecule has 1 aliphatic heterocycles. The molecule has 23 heavy (non-hydrogen) atoms. The van der Waals surface area contributed by atoms with Gasteiger partial charge in [0, 0.05) is 17.6 Å². The molecule has 2 aromatic carbocycles. The molecule has 0 unspecified atom stereocenters. The maximum atomic E-state index is 9.42. The summed E-state index contributed by atoms with van der Waals surface area (Å²) in [5.41, 5.74) is 5.80. The zero-order valence-corrected chi connectivity index (χ0v) is 15.7. The van der Waals surface area contributed by atoms with Gasteiger partial charge in [-0.25, -0.2) is 0 Å². The summed E-state index contributed by atoms with van der Waals surface area (Å²) >= 11 is 3.64. The molecule has 3 rings (SSSR count). The Morgan fingerprint density at radius 2 is 1.87 bits per heavy atom. The molecule has 2 aromatic rings. The Morgan fingerprint density at radius 3 is 2.48 bits per heavy atom. The van der Waals surface area contributed by atoms with Gasteiger partial charge < -0.3 is 0 Å². The highest BCUT2D eigenvalue weighted by Crippen LogP contribution is 2.37. The lowest BCUT2D eigenvalue weighted by atomic mass is 9.89. The van der Waals surface area contributed by atoms with Gasteiger partial charge in [-0.15, -0.1) is 0 Å². The van der Waals surface area contributed by atoms with Crippen molar-refractivity contribution in [3.8, 4) is 17.2 Å². The first-order valence-corrected chi connectivity index (χ1v) is 9.06. The van der Waals surface area contributed by atoms with Crippen LogP contribution in [0.25, 0.3) is 11.1 Å². The van der Waals surface area contributed by atoms with Crippen LogP contribution in [-0.4, -0.2) is 18.0 Å². The van der Waals surface area contributed by atoms with Crippen LogP contribution in [0.5, 0.6) is 0 Å². The maximum Gasteiger partial charge on any atom is 0.100 e. The maximum absolute atomic E-state index is 9.42. The van der Waals surface area contributed by atoms with Gasteiger partial charge >= 0.3 is 0 Å². The van der Waals surface area contributed by atoms with Crippen LogP contribution in [0, 0.1) is 11.3 Å². The second-order valence-electron chi connectivity index (χ2n) is 5.34. The predicted octanol–water partition coefficient (Wildman–Crippen LogP) is 5.39. The van der Waals surface area contributed by atoms with Gasteiger partial charge in [-0.1, -0.05) is 51.1 Å². The van der Waals surface area contributed by atoms with Gasteiger partial charge in [0.15, 0.2) is 0 Å². The van der Waals surface area contributed by atoms with E-state index in [-0.39, 0.29) is 0 Å². The fourth-order valence-electron chi connectivity index (χ4n) is 3.00.